The summed E-state index contributed by atoms with van der Waals surface area (Å²) in [4.78, 5) is 33.9. The zero-order valence-corrected chi connectivity index (χ0v) is 11.5. The number of nitro groups is 1. The summed E-state index contributed by atoms with van der Waals surface area (Å²) < 4.78 is 3.58. The molecule has 2 aromatic rings. The van der Waals surface area contributed by atoms with Crippen LogP contribution in [-0.2, 0) is 0 Å². The Morgan fingerprint density at radius 2 is 2.05 bits per heavy atom. The van der Waals surface area contributed by atoms with Gasteiger partial charge in [0.1, 0.15) is 10.6 Å². The fourth-order valence-corrected chi connectivity index (χ4v) is 2.04. The Balaban J connectivity index is 2.08. The van der Waals surface area contributed by atoms with Gasteiger partial charge < -0.3 is 5.32 Å². The molecule has 3 amide bonds. The molecule has 0 fully saturated rings. The predicted molar refractivity (Wildman–Crippen MR) is 74.2 cm³/mol. The van der Waals surface area contributed by atoms with Crippen molar-refractivity contribution in [3.63, 3.8) is 0 Å². The van der Waals surface area contributed by atoms with Crippen LogP contribution in [0.4, 0.5) is 16.2 Å². The van der Waals surface area contributed by atoms with Crippen molar-refractivity contribution in [1.82, 2.24) is 14.9 Å². The van der Waals surface area contributed by atoms with Gasteiger partial charge in [0.25, 0.3) is 11.6 Å². The number of nitrogens with zero attached hydrogens (tertiary/aromatic N) is 3. The van der Waals surface area contributed by atoms with E-state index in [2.05, 4.69) is 20.2 Å². The number of hydrogen-bond donors (Lipinski definition) is 2. The number of aryl methyl sites for hydroxylation is 1. The van der Waals surface area contributed by atoms with Crippen LogP contribution in [0.5, 0.6) is 0 Å². The lowest BCUT2D eigenvalue weighted by atomic mass is 10.3. The summed E-state index contributed by atoms with van der Waals surface area (Å²) in [6, 6.07) is 4.73. The van der Waals surface area contributed by atoms with E-state index in [1.165, 1.54) is 24.3 Å². The second kappa shape index (κ2) is 6.05. The third-order valence-electron chi connectivity index (χ3n) is 2.43. The summed E-state index contributed by atoms with van der Waals surface area (Å²) in [5.74, 6) is -0.668. The van der Waals surface area contributed by atoms with Crippen LogP contribution in [0.3, 0.4) is 0 Å². The molecule has 0 spiro atoms. The third kappa shape index (κ3) is 3.36. The molecule has 1 heterocycles. The van der Waals surface area contributed by atoms with Crippen LogP contribution in [-0.4, -0.2) is 26.4 Å². The average Bonchev–Trinajstić information content (AvgIpc) is 2.85. The van der Waals surface area contributed by atoms with Crippen molar-refractivity contribution < 1.29 is 14.5 Å². The monoisotopic (exact) mass is 307 g/mol. The van der Waals surface area contributed by atoms with Crippen molar-refractivity contribution in [2.45, 2.75) is 6.92 Å². The zero-order chi connectivity index (χ0) is 15.4. The second-order valence-electron chi connectivity index (χ2n) is 3.87. The summed E-state index contributed by atoms with van der Waals surface area (Å²) in [5.41, 5.74) is 0.124. The number of urea groups is 1. The van der Waals surface area contributed by atoms with Gasteiger partial charge >= 0.3 is 6.03 Å². The molecule has 0 aliphatic heterocycles. The van der Waals surface area contributed by atoms with Gasteiger partial charge in [0.2, 0.25) is 0 Å². The predicted octanol–water partition coefficient (Wildman–Crippen LogP) is 1.72. The van der Waals surface area contributed by atoms with Gasteiger partial charge in [-0.15, -0.1) is 5.10 Å². The van der Waals surface area contributed by atoms with Crippen LogP contribution in [0.15, 0.2) is 24.3 Å². The largest absolute Gasteiger partial charge is 0.326 e. The fourth-order valence-electron chi connectivity index (χ4n) is 1.49. The maximum atomic E-state index is 11.8. The van der Waals surface area contributed by atoms with Crippen LogP contribution in [0.2, 0.25) is 0 Å². The SMILES string of the molecule is Cc1nnsc1C(=O)NC(=O)Nc1ccccc1[N+](=O)[O-]. The van der Waals surface area contributed by atoms with Crippen LogP contribution in [0.1, 0.15) is 15.4 Å². The fraction of sp³-hybridized carbons (Fsp3) is 0.0909. The molecule has 1 aromatic carbocycles. The average molecular weight is 307 g/mol. The smallest absolute Gasteiger partial charge is 0.302 e. The van der Waals surface area contributed by atoms with Gasteiger partial charge in [-0.2, -0.15) is 0 Å². The molecule has 0 bridgehead atoms. The first-order valence-corrected chi connectivity index (χ1v) is 6.41. The quantitative estimate of drug-likeness (QED) is 0.656. The molecule has 0 atom stereocenters. The van der Waals surface area contributed by atoms with E-state index < -0.39 is 16.9 Å². The molecule has 0 aliphatic carbocycles. The second-order valence-corrected chi connectivity index (χ2v) is 4.62. The Labute approximate surface area is 122 Å². The number of amides is 3. The molecule has 108 valence electrons. The van der Waals surface area contributed by atoms with E-state index in [0.29, 0.717) is 5.69 Å². The highest BCUT2D eigenvalue weighted by Crippen LogP contribution is 2.22. The van der Waals surface area contributed by atoms with E-state index in [9.17, 15) is 19.7 Å². The topological polar surface area (TPSA) is 127 Å². The summed E-state index contributed by atoms with van der Waals surface area (Å²) in [6.07, 6.45) is 0. The number of para-hydroxylation sites is 2. The highest BCUT2D eigenvalue weighted by Gasteiger charge is 2.19. The van der Waals surface area contributed by atoms with E-state index >= 15 is 0 Å². The van der Waals surface area contributed by atoms with Gasteiger partial charge in [-0.05, 0) is 24.5 Å². The lowest BCUT2D eigenvalue weighted by Gasteiger charge is -2.06. The molecule has 9 nitrogen and oxygen atoms in total. The van der Waals surface area contributed by atoms with Crippen LogP contribution in [0, 0.1) is 17.0 Å². The number of hydrogen-bond acceptors (Lipinski definition) is 7. The Bertz CT molecular complexity index is 714. The molecule has 0 saturated carbocycles. The number of nitro benzene ring substituents is 1. The van der Waals surface area contributed by atoms with Gasteiger partial charge in [-0.1, -0.05) is 16.6 Å². The molecule has 21 heavy (non-hydrogen) atoms. The first-order chi connectivity index (χ1) is 9.99. The van der Waals surface area contributed by atoms with Gasteiger partial charge in [0.05, 0.1) is 10.6 Å². The minimum absolute atomic E-state index is 0.00745. The molecule has 2 rings (SSSR count). The number of carbonyl (C=O) groups excluding carboxylic acids is 2. The maximum Gasteiger partial charge on any atom is 0.326 e. The zero-order valence-electron chi connectivity index (χ0n) is 10.7. The van der Waals surface area contributed by atoms with Crippen LogP contribution >= 0.6 is 11.5 Å². The normalized spacial score (nSPS) is 9.95. The number of anilines is 1. The van der Waals surface area contributed by atoms with Crippen molar-refractivity contribution in [1.29, 1.82) is 0 Å². The van der Waals surface area contributed by atoms with Crippen molar-refractivity contribution in [3.8, 4) is 0 Å². The number of imide groups is 1. The lowest BCUT2D eigenvalue weighted by molar-refractivity contribution is -0.383. The maximum absolute atomic E-state index is 11.8. The highest BCUT2D eigenvalue weighted by atomic mass is 32.1. The third-order valence-corrected chi connectivity index (χ3v) is 3.26. The minimum atomic E-state index is -0.873. The number of carbonyl (C=O) groups is 2. The van der Waals surface area contributed by atoms with Gasteiger partial charge in [0, 0.05) is 6.07 Å². The molecule has 2 N–H and O–H groups in total. The Hall–Kier alpha value is -2.88. The van der Waals surface area contributed by atoms with Crippen LogP contribution < -0.4 is 10.6 Å². The molecule has 10 heteroatoms. The number of benzene rings is 1. The first kappa shape index (κ1) is 14.5. The molecule has 0 aliphatic rings. The molecule has 0 unspecified atom stereocenters. The van der Waals surface area contributed by atoms with E-state index in [4.69, 9.17) is 0 Å². The van der Waals surface area contributed by atoms with Crippen molar-refractivity contribution in [2.75, 3.05) is 5.32 Å². The van der Waals surface area contributed by atoms with E-state index in [-0.39, 0.29) is 16.3 Å². The lowest BCUT2D eigenvalue weighted by Crippen LogP contribution is -2.34. The highest BCUT2D eigenvalue weighted by molar-refractivity contribution is 7.08. The number of rotatable bonds is 3. The van der Waals surface area contributed by atoms with E-state index in [0.717, 1.165) is 11.5 Å². The summed E-state index contributed by atoms with van der Waals surface area (Å²) in [7, 11) is 0. The van der Waals surface area contributed by atoms with Gasteiger partial charge in [0.15, 0.2) is 0 Å². The van der Waals surface area contributed by atoms with E-state index in [1.54, 1.807) is 6.92 Å². The van der Waals surface area contributed by atoms with Crippen molar-refractivity contribution in [2.24, 2.45) is 0 Å². The molecular weight excluding hydrogens is 298 g/mol. The van der Waals surface area contributed by atoms with Crippen LogP contribution in [0.25, 0.3) is 0 Å². The molecule has 1 aromatic heterocycles. The van der Waals surface area contributed by atoms with Gasteiger partial charge in [-0.25, -0.2) is 4.79 Å². The van der Waals surface area contributed by atoms with Crippen molar-refractivity contribution >= 4 is 34.8 Å². The Morgan fingerprint density at radius 1 is 1.33 bits per heavy atom. The van der Waals surface area contributed by atoms with Crippen molar-refractivity contribution in [3.05, 3.63) is 45.0 Å². The first-order valence-electron chi connectivity index (χ1n) is 5.63. The van der Waals surface area contributed by atoms with Gasteiger partial charge in [-0.3, -0.25) is 20.2 Å². The molecule has 0 saturated heterocycles. The standard InChI is InChI=1S/C11H9N5O4S/c1-6-9(21-15-14-6)10(17)13-11(18)12-7-4-2-3-5-8(7)16(19)20/h2-5H,1H3,(H2,12,13,17,18). The summed E-state index contributed by atoms with van der Waals surface area (Å²) in [6.45, 7) is 1.58. The minimum Gasteiger partial charge on any atom is -0.302 e. The van der Waals surface area contributed by atoms with E-state index in [1.807, 2.05) is 0 Å². The molecular formula is C11H9N5O4S. The Morgan fingerprint density at radius 3 is 2.67 bits per heavy atom. The number of aromatic nitrogens is 2. The Kier molecular flexibility index (Phi) is 4.18. The molecule has 0 radical (unpaired) electrons. The summed E-state index contributed by atoms with van der Waals surface area (Å²) >= 11 is 0.853. The number of nitrogens with one attached hydrogen (secondary N) is 2. The summed E-state index contributed by atoms with van der Waals surface area (Å²) in [5, 5.41) is 18.8.